The molecule has 154 valence electrons. The first-order chi connectivity index (χ1) is 14.1. The molecule has 0 aliphatic carbocycles. The number of rotatable bonds is 6. The van der Waals surface area contributed by atoms with Crippen molar-refractivity contribution in [3.8, 4) is 6.07 Å². The number of carbonyl (C=O) groups excluding carboxylic acids is 1. The Hall–Kier alpha value is -2.36. The van der Waals surface area contributed by atoms with Gasteiger partial charge in [-0.1, -0.05) is 6.07 Å². The van der Waals surface area contributed by atoms with Crippen LogP contribution >= 0.6 is 0 Å². The molecule has 0 saturated carbocycles. The Labute approximate surface area is 172 Å². The summed E-state index contributed by atoms with van der Waals surface area (Å²) in [4.78, 5) is 15.1. The minimum Gasteiger partial charge on any atom is -0.380 e. The molecule has 3 heterocycles. The molecule has 2 aliphatic heterocycles. The lowest BCUT2D eigenvalue weighted by molar-refractivity contribution is -0.134. The summed E-state index contributed by atoms with van der Waals surface area (Å²) in [5.74, 6) is 0.238. The SMILES string of the molecule is CCn1c(CC[C@H]2C[C@H](OC)CN2C(=O)[C@H]2CCCN2)cc2ccc(C#N)cc21. The summed E-state index contributed by atoms with van der Waals surface area (Å²) in [7, 11) is 1.74. The molecular formula is C23H30N4O2. The number of amides is 1. The van der Waals surface area contributed by atoms with Gasteiger partial charge >= 0.3 is 0 Å². The maximum absolute atomic E-state index is 13.0. The molecule has 0 bridgehead atoms. The van der Waals surface area contributed by atoms with Gasteiger partial charge in [0, 0.05) is 37.5 Å². The summed E-state index contributed by atoms with van der Waals surface area (Å²) < 4.78 is 7.90. The van der Waals surface area contributed by atoms with E-state index in [0.717, 1.165) is 50.7 Å². The molecule has 4 rings (SSSR count). The van der Waals surface area contributed by atoms with Crippen molar-refractivity contribution < 1.29 is 9.53 Å². The molecule has 29 heavy (non-hydrogen) atoms. The predicted octanol–water partition coefficient (Wildman–Crippen LogP) is 2.83. The molecule has 2 aromatic rings. The summed E-state index contributed by atoms with van der Waals surface area (Å²) >= 11 is 0. The van der Waals surface area contributed by atoms with Gasteiger partial charge in [0.15, 0.2) is 0 Å². The molecule has 3 atom stereocenters. The van der Waals surface area contributed by atoms with Crippen molar-refractivity contribution in [2.24, 2.45) is 0 Å². The zero-order valence-electron chi connectivity index (χ0n) is 17.4. The zero-order chi connectivity index (χ0) is 20.4. The second-order valence-corrected chi connectivity index (χ2v) is 8.19. The molecule has 1 aromatic carbocycles. The van der Waals surface area contributed by atoms with Crippen molar-refractivity contribution in [2.75, 3.05) is 20.2 Å². The lowest BCUT2D eigenvalue weighted by Gasteiger charge is -2.27. The van der Waals surface area contributed by atoms with Crippen LogP contribution in [0.5, 0.6) is 0 Å². The van der Waals surface area contributed by atoms with Crippen LogP contribution in [-0.2, 0) is 22.5 Å². The smallest absolute Gasteiger partial charge is 0.240 e. The monoisotopic (exact) mass is 394 g/mol. The fraction of sp³-hybridized carbons (Fsp3) is 0.565. The van der Waals surface area contributed by atoms with Crippen molar-refractivity contribution in [1.82, 2.24) is 14.8 Å². The summed E-state index contributed by atoms with van der Waals surface area (Å²) in [6.07, 6.45) is 4.88. The number of nitrogens with zero attached hydrogens (tertiary/aromatic N) is 3. The molecule has 6 nitrogen and oxygen atoms in total. The number of fused-ring (bicyclic) bond motifs is 1. The van der Waals surface area contributed by atoms with Crippen LogP contribution in [0.1, 0.15) is 43.9 Å². The van der Waals surface area contributed by atoms with Crippen LogP contribution in [0.4, 0.5) is 0 Å². The van der Waals surface area contributed by atoms with Gasteiger partial charge in [0.1, 0.15) is 0 Å². The molecule has 6 heteroatoms. The Morgan fingerprint density at radius 2 is 2.24 bits per heavy atom. The van der Waals surface area contributed by atoms with Crippen LogP contribution < -0.4 is 5.32 Å². The lowest BCUT2D eigenvalue weighted by atomic mass is 10.1. The van der Waals surface area contributed by atoms with E-state index >= 15 is 0 Å². The largest absolute Gasteiger partial charge is 0.380 e. The maximum atomic E-state index is 13.0. The van der Waals surface area contributed by atoms with Gasteiger partial charge in [-0.25, -0.2) is 0 Å². The standard InChI is InChI=1S/C23H30N4O2/c1-3-26-18(12-17-7-6-16(14-24)11-22(17)26)8-9-19-13-20(29-2)15-27(19)23(28)21-5-4-10-25-21/h6-7,11-12,19-21,25H,3-5,8-10,13,15H2,1-2H3/t19-,20-,21+/m0/s1. The number of likely N-dealkylation sites (tertiary alicyclic amines) is 1. The molecular weight excluding hydrogens is 364 g/mol. The Bertz CT molecular complexity index is 923. The van der Waals surface area contributed by atoms with E-state index in [1.54, 1.807) is 7.11 Å². The Balaban J connectivity index is 1.52. The van der Waals surface area contributed by atoms with Gasteiger partial charge in [-0.15, -0.1) is 0 Å². The number of methoxy groups -OCH3 is 1. The number of aromatic nitrogens is 1. The first-order valence-corrected chi connectivity index (χ1v) is 10.7. The number of ether oxygens (including phenoxy) is 1. The summed E-state index contributed by atoms with van der Waals surface area (Å²) in [5.41, 5.74) is 3.08. The van der Waals surface area contributed by atoms with Crippen molar-refractivity contribution in [1.29, 1.82) is 5.26 Å². The van der Waals surface area contributed by atoms with Crippen LogP contribution in [-0.4, -0.2) is 53.8 Å². The first kappa shape index (κ1) is 19.9. The van der Waals surface area contributed by atoms with Crippen LogP contribution in [0.3, 0.4) is 0 Å². The molecule has 1 N–H and O–H groups in total. The molecule has 0 spiro atoms. The fourth-order valence-electron chi connectivity index (χ4n) is 4.96. The van der Waals surface area contributed by atoms with Gasteiger partial charge in [0.25, 0.3) is 0 Å². The highest BCUT2D eigenvalue weighted by atomic mass is 16.5. The predicted molar refractivity (Wildman–Crippen MR) is 113 cm³/mol. The highest BCUT2D eigenvalue weighted by Gasteiger charge is 2.38. The summed E-state index contributed by atoms with van der Waals surface area (Å²) in [6.45, 7) is 4.64. The maximum Gasteiger partial charge on any atom is 0.240 e. The summed E-state index contributed by atoms with van der Waals surface area (Å²) in [6, 6.07) is 10.5. The second-order valence-electron chi connectivity index (χ2n) is 8.19. The van der Waals surface area contributed by atoms with Crippen LogP contribution in [0, 0.1) is 11.3 Å². The van der Waals surface area contributed by atoms with Crippen molar-refractivity contribution in [3.63, 3.8) is 0 Å². The van der Waals surface area contributed by atoms with E-state index in [1.807, 2.05) is 18.2 Å². The Morgan fingerprint density at radius 1 is 1.38 bits per heavy atom. The van der Waals surface area contributed by atoms with Crippen LogP contribution in [0.2, 0.25) is 0 Å². The number of nitriles is 1. The lowest BCUT2D eigenvalue weighted by Crippen LogP contribution is -2.46. The number of hydrogen-bond acceptors (Lipinski definition) is 4. The van der Waals surface area contributed by atoms with Gasteiger partial charge in [0.2, 0.25) is 5.91 Å². The normalized spacial score (nSPS) is 24.3. The number of carbonyl (C=O) groups is 1. The number of nitrogens with one attached hydrogen (secondary N) is 1. The molecule has 1 aromatic heterocycles. The van der Waals surface area contributed by atoms with E-state index in [4.69, 9.17) is 4.74 Å². The van der Waals surface area contributed by atoms with Gasteiger partial charge in [0.05, 0.1) is 23.8 Å². The Kier molecular flexibility index (Phi) is 5.89. The third kappa shape index (κ3) is 3.90. The van der Waals surface area contributed by atoms with E-state index in [0.29, 0.717) is 12.1 Å². The van der Waals surface area contributed by atoms with Crippen molar-refractivity contribution >= 4 is 16.8 Å². The average Bonchev–Trinajstić information content (AvgIpc) is 3.49. The third-order valence-corrected chi connectivity index (χ3v) is 6.52. The van der Waals surface area contributed by atoms with Crippen LogP contribution in [0.25, 0.3) is 10.9 Å². The van der Waals surface area contributed by atoms with Gasteiger partial charge in [-0.3, -0.25) is 4.79 Å². The van der Waals surface area contributed by atoms with E-state index in [2.05, 4.69) is 33.8 Å². The zero-order valence-corrected chi connectivity index (χ0v) is 17.4. The van der Waals surface area contributed by atoms with E-state index < -0.39 is 0 Å². The molecule has 1 amide bonds. The molecule has 2 aliphatic rings. The highest BCUT2D eigenvalue weighted by Crippen LogP contribution is 2.28. The third-order valence-electron chi connectivity index (χ3n) is 6.52. The van der Waals surface area contributed by atoms with Crippen molar-refractivity contribution in [3.05, 3.63) is 35.5 Å². The summed E-state index contributed by atoms with van der Waals surface area (Å²) in [5, 5.41) is 13.7. The van der Waals surface area contributed by atoms with Gasteiger partial charge < -0.3 is 19.5 Å². The number of hydrogen-bond donors (Lipinski definition) is 1. The van der Waals surface area contributed by atoms with Gasteiger partial charge in [-0.2, -0.15) is 5.26 Å². The van der Waals surface area contributed by atoms with Gasteiger partial charge in [-0.05, 0) is 69.2 Å². The average molecular weight is 395 g/mol. The quantitative estimate of drug-likeness (QED) is 0.818. The second kappa shape index (κ2) is 8.56. The molecule has 0 unspecified atom stereocenters. The van der Waals surface area contributed by atoms with E-state index in [9.17, 15) is 10.1 Å². The molecule has 2 saturated heterocycles. The number of benzene rings is 1. The Morgan fingerprint density at radius 3 is 2.93 bits per heavy atom. The van der Waals surface area contributed by atoms with Crippen LogP contribution in [0.15, 0.2) is 24.3 Å². The van der Waals surface area contributed by atoms with E-state index in [1.165, 1.54) is 11.1 Å². The molecule has 0 radical (unpaired) electrons. The topological polar surface area (TPSA) is 70.3 Å². The molecule has 2 fully saturated rings. The highest BCUT2D eigenvalue weighted by molar-refractivity contribution is 5.83. The minimum absolute atomic E-state index is 0.0281. The van der Waals surface area contributed by atoms with Crippen molar-refractivity contribution in [2.45, 2.75) is 63.8 Å². The van der Waals surface area contributed by atoms with E-state index in [-0.39, 0.29) is 24.1 Å². The first-order valence-electron chi connectivity index (χ1n) is 10.7. The number of aryl methyl sites for hydroxylation is 2. The fourth-order valence-corrected chi connectivity index (χ4v) is 4.96. The minimum atomic E-state index is -0.0281.